The van der Waals surface area contributed by atoms with Gasteiger partial charge in [-0.25, -0.2) is 0 Å². The fraction of sp³-hybridized carbons (Fsp3) is 0.923. The smallest absolute Gasteiger partial charge is 0.235 e. The van der Waals surface area contributed by atoms with Crippen LogP contribution >= 0.6 is 11.8 Å². The van der Waals surface area contributed by atoms with E-state index in [0.717, 1.165) is 5.75 Å². The molecule has 3 nitrogen and oxygen atoms in total. The number of hydrogen-bond acceptors (Lipinski definition) is 3. The molecule has 17 heavy (non-hydrogen) atoms. The summed E-state index contributed by atoms with van der Waals surface area (Å²) in [5, 5.41) is 8.93. The highest BCUT2D eigenvalue weighted by Gasteiger charge is 2.25. The summed E-state index contributed by atoms with van der Waals surface area (Å²) in [5.41, 5.74) is 0. The van der Waals surface area contributed by atoms with Crippen LogP contribution in [0, 0.1) is 5.92 Å². The molecular formula is C13H27NO2S. The van der Waals surface area contributed by atoms with Gasteiger partial charge in [0.2, 0.25) is 5.91 Å². The Kier molecular flexibility index (Phi) is 7.88. The van der Waals surface area contributed by atoms with Crippen molar-refractivity contribution in [2.75, 3.05) is 12.4 Å². The van der Waals surface area contributed by atoms with Crippen molar-refractivity contribution in [3.8, 4) is 0 Å². The van der Waals surface area contributed by atoms with Crippen molar-refractivity contribution in [1.82, 2.24) is 4.90 Å². The average Bonchev–Trinajstić information content (AvgIpc) is 2.23. The largest absolute Gasteiger partial charge is 0.396 e. The van der Waals surface area contributed by atoms with Crippen molar-refractivity contribution in [3.63, 3.8) is 0 Å². The SMILES string of the molecule is CC(CO)CSC(C)C(=O)N(C(C)C)C(C)C. The molecule has 0 fully saturated rings. The predicted molar refractivity (Wildman–Crippen MR) is 75.3 cm³/mol. The molecule has 0 bridgehead atoms. The maximum atomic E-state index is 12.3. The molecule has 0 aliphatic heterocycles. The van der Waals surface area contributed by atoms with Crippen LogP contribution in [0.25, 0.3) is 0 Å². The molecule has 2 unspecified atom stereocenters. The number of carbonyl (C=O) groups is 1. The molecule has 0 aliphatic carbocycles. The van der Waals surface area contributed by atoms with Gasteiger partial charge in [-0.05, 0) is 46.3 Å². The Balaban J connectivity index is 4.36. The highest BCUT2D eigenvalue weighted by atomic mass is 32.2. The second-order valence-corrected chi connectivity index (χ2v) is 6.57. The van der Waals surface area contributed by atoms with E-state index in [1.54, 1.807) is 11.8 Å². The minimum atomic E-state index is -0.0335. The van der Waals surface area contributed by atoms with Crippen molar-refractivity contribution >= 4 is 17.7 Å². The monoisotopic (exact) mass is 261 g/mol. The Bertz CT molecular complexity index is 223. The van der Waals surface area contributed by atoms with Gasteiger partial charge in [-0.1, -0.05) is 6.92 Å². The molecule has 0 radical (unpaired) electrons. The van der Waals surface area contributed by atoms with Crippen molar-refractivity contribution in [1.29, 1.82) is 0 Å². The van der Waals surface area contributed by atoms with Crippen molar-refractivity contribution in [2.24, 2.45) is 5.92 Å². The Morgan fingerprint density at radius 3 is 1.94 bits per heavy atom. The van der Waals surface area contributed by atoms with Crippen molar-refractivity contribution in [3.05, 3.63) is 0 Å². The molecular weight excluding hydrogens is 234 g/mol. The van der Waals surface area contributed by atoms with E-state index in [0.29, 0.717) is 0 Å². The highest BCUT2D eigenvalue weighted by molar-refractivity contribution is 8.00. The van der Waals surface area contributed by atoms with Gasteiger partial charge in [-0.3, -0.25) is 4.79 Å². The fourth-order valence-corrected chi connectivity index (χ4v) is 2.73. The molecule has 1 amide bonds. The summed E-state index contributed by atoms with van der Waals surface area (Å²) >= 11 is 1.63. The number of aliphatic hydroxyl groups excluding tert-OH is 1. The van der Waals surface area contributed by atoms with Gasteiger partial charge in [0.05, 0.1) is 5.25 Å². The third kappa shape index (κ3) is 5.77. The number of hydrogen-bond donors (Lipinski definition) is 1. The first-order chi connectivity index (χ1) is 7.81. The number of carbonyl (C=O) groups excluding carboxylic acids is 1. The summed E-state index contributed by atoms with van der Waals surface area (Å²) in [4.78, 5) is 14.2. The second-order valence-electron chi connectivity index (χ2n) is 5.20. The molecule has 4 heteroatoms. The van der Waals surface area contributed by atoms with Crippen LogP contribution in [0.5, 0.6) is 0 Å². The second kappa shape index (κ2) is 7.98. The van der Waals surface area contributed by atoms with E-state index in [4.69, 9.17) is 5.11 Å². The van der Waals surface area contributed by atoms with Crippen LogP contribution in [0.15, 0.2) is 0 Å². The van der Waals surface area contributed by atoms with Crippen molar-refractivity contribution < 1.29 is 9.90 Å². The van der Waals surface area contributed by atoms with Gasteiger partial charge in [-0.2, -0.15) is 0 Å². The summed E-state index contributed by atoms with van der Waals surface area (Å²) in [7, 11) is 0. The average molecular weight is 261 g/mol. The number of aliphatic hydroxyl groups is 1. The lowest BCUT2D eigenvalue weighted by Gasteiger charge is -2.33. The van der Waals surface area contributed by atoms with Crippen LogP contribution in [-0.2, 0) is 4.79 Å². The van der Waals surface area contributed by atoms with E-state index in [1.165, 1.54) is 0 Å². The van der Waals surface area contributed by atoms with Crippen LogP contribution in [0.3, 0.4) is 0 Å². The van der Waals surface area contributed by atoms with Gasteiger partial charge < -0.3 is 10.0 Å². The quantitative estimate of drug-likeness (QED) is 0.765. The van der Waals surface area contributed by atoms with E-state index in [1.807, 2.05) is 46.4 Å². The number of nitrogens with zero attached hydrogens (tertiary/aromatic N) is 1. The maximum Gasteiger partial charge on any atom is 0.235 e. The van der Waals surface area contributed by atoms with Gasteiger partial charge >= 0.3 is 0 Å². The molecule has 2 atom stereocenters. The predicted octanol–water partition coefficient (Wildman–Crippen LogP) is 2.38. The molecule has 102 valence electrons. The molecule has 0 aromatic carbocycles. The van der Waals surface area contributed by atoms with Gasteiger partial charge in [0.15, 0.2) is 0 Å². The molecule has 0 rings (SSSR count). The standard InChI is InChI=1S/C13H27NO2S/c1-9(2)14(10(3)4)13(16)12(6)17-8-11(5)7-15/h9-12,15H,7-8H2,1-6H3. The van der Waals surface area contributed by atoms with Gasteiger partial charge in [0.25, 0.3) is 0 Å². The maximum absolute atomic E-state index is 12.3. The summed E-state index contributed by atoms with van der Waals surface area (Å²) in [6.07, 6.45) is 0. The van der Waals surface area contributed by atoms with Gasteiger partial charge in [0, 0.05) is 18.7 Å². The first-order valence-corrected chi connectivity index (χ1v) is 7.40. The van der Waals surface area contributed by atoms with Crippen molar-refractivity contribution in [2.45, 2.75) is 58.9 Å². The molecule has 0 spiro atoms. The zero-order valence-corrected chi connectivity index (χ0v) is 12.8. The lowest BCUT2D eigenvalue weighted by Crippen LogP contribution is -2.45. The Morgan fingerprint density at radius 1 is 1.12 bits per heavy atom. The Morgan fingerprint density at radius 2 is 1.59 bits per heavy atom. The molecule has 1 N–H and O–H groups in total. The zero-order valence-electron chi connectivity index (χ0n) is 11.9. The van der Waals surface area contributed by atoms with E-state index in [-0.39, 0.29) is 35.8 Å². The van der Waals surface area contributed by atoms with Gasteiger partial charge in [0.1, 0.15) is 0 Å². The van der Waals surface area contributed by atoms with Crippen LogP contribution in [0.4, 0.5) is 0 Å². The Hall–Kier alpha value is -0.220. The molecule has 0 heterocycles. The summed E-state index contributed by atoms with van der Waals surface area (Å²) in [6, 6.07) is 0.474. The molecule has 0 aliphatic rings. The zero-order chi connectivity index (χ0) is 13.6. The number of thioether (sulfide) groups is 1. The number of rotatable bonds is 7. The van der Waals surface area contributed by atoms with E-state index in [9.17, 15) is 4.79 Å². The first-order valence-electron chi connectivity index (χ1n) is 6.35. The summed E-state index contributed by atoms with van der Waals surface area (Å²) < 4.78 is 0. The van der Waals surface area contributed by atoms with Crippen LogP contribution in [0.2, 0.25) is 0 Å². The van der Waals surface area contributed by atoms with Crippen LogP contribution < -0.4 is 0 Å². The lowest BCUT2D eigenvalue weighted by atomic mass is 10.2. The lowest BCUT2D eigenvalue weighted by molar-refractivity contribution is -0.133. The normalized spacial score (nSPS) is 15.1. The third-order valence-corrected chi connectivity index (χ3v) is 4.12. The van der Waals surface area contributed by atoms with E-state index < -0.39 is 0 Å². The van der Waals surface area contributed by atoms with Crippen LogP contribution in [0.1, 0.15) is 41.5 Å². The highest BCUT2D eigenvalue weighted by Crippen LogP contribution is 2.19. The first kappa shape index (κ1) is 16.8. The molecule has 0 saturated heterocycles. The molecule has 0 aromatic rings. The van der Waals surface area contributed by atoms with Gasteiger partial charge in [-0.15, -0.1) is 11.8 Å². The minimum absolute atomic E-state index is 0.0335. The van der Waals surface area contributed by atoms with E-state index >= 15 is 0 Å². The Labute approximate surface area is 110 Å². The number of amides is 1. The van der Waals surface area contributed by atoms with E-state index in [2.05, 4.69) is 0 Å². The molecule has 0 saturated carbocycles. The minimum Gasteiger partial charge on any atom is -0.396 e. The van der Waals surface area contributed by atoms with Crippen LogP contribution in [-0.4, -0.2) is 45.6 Å². The summed E-state index contributed by atoms with van der Waals surface area (Å²) in [6.45, 7) is 12.3. The molecule has 0 aromatic heterocycles. The topological polar surface area (TPSA) is 40.5 Å². The fourth-order valence-electron chi connectivity index (χ4n) is 1.75. The summed E-state index contributed by atoms with van der Waals surface area (Å²) in [5.74, 6) is 1.28. The third-order valence-electron chi connectivity index (χ3n) is 2.66.